The molecule has 0 amide bonds. The highest BCUT2D eigenvalue weighted by atomic mass is 14.3. The molecule has 0 aromatic heterocycles. The van der Waals surface area contributed by atoms with E-state index in [9.17, 15) is 0 Å². The molecule has 1 rings (SSSR count). The van der Waals surface area contributed by atoms with Gasteiger partial charge < -0.3 is 0 Å². The molecular weight excluding hydrogens is 120 g/mol. The SMILES string of the molecule is CC(C)=C1[CH-]CCC1(C)C. The second kappa shape index (κ2) is 2.34. The van der Waals surface area contributed by atoms with Crippen LogP contribution >= 0.6 is 0 Å². The van der Waals surface area contributed by atoms with Gasteiger partial charge >= 0.3 is 0 Å². The van der Waals surface area contributed by atoms with Gasteiger partial charge in [0.2, 0.25) is 0 Å². The Bertz CT molecular complexity index is 157. The summed E-state index contributed by atoms with van der Waals surface area (Å²) in [7, 11) is 0. The Morgan fingerprint density at radius 3 is 2.20 bits per heavy atom. The first-order chi connectivity index (χ1) is 4.54. The number of allylic oxidation sites excluding steroid dienone is 2. The lowest BCUT2D eigenvalue weighted by molar-refractivity contribution is 0.458. The summed E-state index contributed by atoms with van der Waals surface area (Å²) >= 11 is 0. The molecule has 0 aromatic rings. The Morgan fingerprint density at radius 1 is 1.40 bits per heavy atom. The third kappa shape index (κ3) is 1.21. The maximum Gasteiger partial charge on any atom is -0.0441 e. The molecule has 0 heteroatoms. The summed E-state index contributed by atoms with van der Waals surface area (Å²) in [5, 5.41) is 0. The largest absolute Gasteiger partial charge is 0.227 e. The van der Waals surface area contributed by atoms with E-state index in [0.717, 1.165) is 0 Å². The summed E-state index contributed by atoms with van der Waals surface area (Å²) in [4.78, 5) is 0. The predicted molar refractivity (Wildman–Crippen MR) is 45.7 cm³/mol. The molecule has 0 nitrogen and oxygen atoms in total. The Labute approximate surface area is 64.3 Å². The highest BCUT2D eigenvalue weighted by molar-refractivity contribution is 5.29. The summed E-state index contributed by atoms with van der Waals surface area (Å²) in [6, 6.07) is 0. The van der Waals surface area contributed by atoms with Gasteiger partial charge in [0.25, 0.3) is 0 Å². The van der Waals surface area contributed by atoms with Gasteiger partial charge in [-0.1, -0.05) is 20.3 Å². The van der Waals surface area contributed by atoms with Crippen molar-refractivity contribution in [2.24, 2.45) is 5.41 Å². The Morgan fingerprint density at radius 2 is 2.00 bits per heavy atom. The second-order valence-corrected chi connectivity index (χ2v) is 4.04. The van der Waals surface area contributed by atoms with Gasteiger partial charge in [-0.2, -0.15) is 0 Å². The van der Waals surface area contributed by atoms with Crippen LogP contribution in [-0.4, -0.2) is 0 Å². The molecule has 1 aliphatic carbocycles. The first-order valence-corrected chi connectivity index (χ1v) is 4.05. The van der Waals surface area contributed by atoms with E-state index in [1.807, 2.05) is 0 Å². The quantitative estimate of drug-likeness (QED) is 0.449. The molecule has 0 aliphatic heterocycles. The van der Waals surface area contributed by atoms with E-state index in [0.29, 0.717) is 5.41 Å². The maximum atomic E-state index is 2.38. The predicted octanol–water partition coefficient (Wildman–Crippen LogP) is 3.35. The summed E-state index contributed by atoms with van der Waals surface area (Å²) < 4.78 is 0. The van der Waals surface area contributed by atoms with Crippen LogP contribution in [0.4, 0.5) is 0 Å². The number of hydrogen-bond acceptors (Lipinski definition) is 0. The normalized spacial score (nSPS) is 22.6. The molecule has 0 unspecified atom stereocenters. The van der Waals surface area contributed by atoms with E-state index in [4.69, 9.17) is 0 Å². The lowest BCUT2D eigenvalue weighted by atomic mass is 9.85. The average Bonchev–Trinajstić information content (AvgIpc) is 2.08. The minimum Gasteiger partial charge on any atom is -0.227 e. The van der Waals surface area contributed by atoms with Crippen LogP contribution in [0.1, 0.15) is 40.5 Å². The standard InChI is InChI=1S/C10H17/c1-8(2)9-6-5-7-10(9,3)4/h6H,5,7H2,1-4H3/q-1. The van der Waals surface area contributed by atoms with Crippen molar-refractivity contribution in [1.82, 2.24) is 0 Å². The highest BCUT2D eigenvalue weighted by Gasteiger charge is 2.22. The molecule has 0 saturated heterocycles. The molecular formula is C10H17-. The van der Waals surface area contributed by atoms with E-state index >= 15 is 0 Å². The van der Waals surface area contributed by atoms with E-state index in [-0.39, 0.29) is 0 Å². The summed E-state index contributed by atoms with van der Waals surface area (Å²) in [6.07, 6.45) is 4.98. The van der Waals surface area contributed by atoms with E-state index < -0.39 is 0 Å². The first kappa shape index (κ1) is 7.71. The molecule has 0 N–H and O–H groups in total. The van der Waals surface area contributed by atoms with Gasteiger partial charge in [0.05, 0.1) is 0 Å². The Kier molecular flexibility index (Phi) is 1.80. The molecule has 58 valence electrons. The van der Waals surface area contributed by atoms with Crippen molar-refractivity contribution in [3.05, 3.63) is 17.6 Å². The minimum absolute atomic E-state index is 0.457. The molecule has 0 radical (unpaired) electrons. The average molecular weight is 137 g/mol. The Hall–Kier alpha value is -0.390. The molecule has 1 fully saturated rings. The molecule has 0 aromatic carbocycles. The third-order valence-electron chi connectivity index (χ3n) is 2.39. The lowest BCUT2D eigenvalue weighted by Crippen LogP contribution is -2.08. The van der Waals surface area contributed by atoms with Crippen molar-refractivity contribution in [2.75, 3.05) is 0 Å². The van der Waals surface area contributed by atoms with E-state index in [1.54, 1.807) is 5.57 Å². The summed E-state index contributed by atoms with van der Waals surface area (Å²) in [5.74, 6) is 0. The maximum absolute atomic E-state index is 2.38. The molecule has 1 saturated carbocycles. The fourth-order valence-electron chi connectivity index (χ4n) is 1.87. The summed E-state index contributed by atoms with van der Waals surface area (Å²) in [6.45, 7) is 9.08. The topological polar surface area (TPSA) is 0 Å². The second-order valence-electron chi connectivity index (χ2n) is 4.04. The lowest BCUT2D eigenvalue weighted by Gasteiger charge is -2.27. The van der Waals surface area contributed by atoms with Crippen LogP contribution in [0, 0.1) is 11.8 Å². The molecule has 1 aliphatic rings. The number of hydrogen-bond donors (Lipinski definition) is 0. The van der Waals surface area contributed by atoms with Crippen LogP contribution in [0.3, 0.4) is 0 Å². The van der Waals surface area contributed by atoms with E-state index in [1.165, 1.54) is 18.4 Å². The van der Waals surface area contributed by atoms with Crippen molar-refractivity contribution in [1.29, 1.82) is 0 Å². The zero-order valence-electron chi connectivity index (χ0n) is 7.49. The van der Waals surface area contributed by atoms with Crippen molar-refractivity contribution >= 4 is 0 Å². The highest BCUT2D eigenvalue weighted by Crippen LogP contribution is 2.42. The Balaban J connectivity index is 2.89. The molecule has 0 spiro atoms. The molecule has 0 atom stereocenters. The zero-order valence-corrected chi connectivity index (χ0v) is 7.49. The van der Waals surface area contributed by atoms with Crippen LogP contribution in [0.2, 0.25) is 0 Å². The van der Waals surface area contributed by atoms with Gasteiger partial charge in [0.1, 0.15) is 0 Å². The van der Waals surface area contributed by atoms with Gasteiger partial charge in [0.15, 0.2) is 0 Å². The van der Waals surface area contributed by atoms with Crippen LogP contribution in [0.25, 0.3) is 0 Å². The van der Waals surface area contributed by atoms with Crippen molar-refractivity contribution in [2.45, 2.75) is 40.5 Å². The third-order valence-corrected chi connectivity index (χ3v) is 2.39. The van der Waals surface area contributed by atoms with Gasteiger partial charge in [0, 0.05) is 0 Å². The van der Waals surface area contributed by atoms with Crippen LogP contribution in [0.5, 0.6) is 0 Å². The van der Waals surface area contributed by atoms with Crippen LogP contribution < -0.4 is 0 Å². The number of rotatable bonds is 0. The molecule has 0 heterocycles. The summed E-state index contributed by atoms with van der Waals surface area (Å²) in [5.41, 5.74) is 3.52. The van der Waals surface area contributed by atoms with Crippen molar-refractivity contribution in [3.63, 3.8) is 0 Å². The fraction of sp³-hybridized carbons (Fsp3) is 0.700. The smallest absolute Gasteiger partial charge is 0.0441 e. The van der Waals surface area contributed by atoms with Crippen LogP contribution in [0.15, 0.2) is 11.1 Å². The van der Waals surface area contributed by atoms with Gasteiger partial charge in [-0.25, -0.2) is 17.6 Å². The molecule has 0 bridgehead atoms. The monoisotopic (exact) mass is 137 g/mol. The first-order valence-electron chi connectivity index (χ1n) is 4.05. The fourth-order valence-corrected chi connectivity index (χ4v) is 1.87. The van der Waals surface area contributed by atoms with Gasteiger partial charge in [-0.05, 0) is 5.41 Å². The minimum atomic E-state index is 0.457. The van der Waals surface area contributed by atoms with E-state index in [2.05, 4.69) is 34.1 Å². The van der Waals surface area contributed by atoms with Crippen molar-refractivity contribution in [3.8, 4) is 0 Å². The van der Waals surface area contributed by atoms with Gasteiger partial charge in [-0.3, -0.25) is 0 Å². The molecule has 10 heavy (non-hydrogen) atoms. The van der Waals surface area contributed by atoms with Crippen molar-refractivity contribution < 1.29 is 0 Å². The van der Waals surface area contributed by atoms with Crippen LogP contribution in [-0.2, 0) is 0 Å². The van der Waals surface area contributed by atoms with Gasteiger partial charge in [-0.15, -0.1) is 20.3 Å². The zero-order chi connectivity index (χ0) is 7.78.